The van der Waals surface area contributed by atoms with Crippen LogP contribution < -0.4 is 5.32 Å². The number of carbonyl (C=O) groups excluding carboxylic acids is 1. The number of nitrogens with zero attached hydrogens (tertiary/aromatic N) is 3. The Kier molecular flexibility index (Phi) is 6.24. The minimum atomic E-state index is -0.108. The molecular formula is C17H16Cl2N4O2S. The summed E-state index contributed by atoms with van der Waals surface area (Å²) in [6.07, 6.45) is 1.57. The molecule has 0 saturated heterocycles. The Bertz CT molecular complexity index is 896. The van der Waals surface area contributed by atoms with Crippen LogP contribution in [0.5, 0.6) is 0 Å². The summed E-state index contributed by atoms with van der Waals surface area (Å²) < 4.78 is 7.10. The summed E-state index contributed by atoms with van der Waals surface area (Å²) in [5.41, 5.74) is 0.750. The summed E-state index contributed by atoms with van der Waals surface area (Å²) >= 11 is 13.5. The Labute approximate surface area is 164 Å². The smallest absolute Gasteiger partial charge is 0.230 e. The van der Waals surface area contributed by atoms with Crippen LogP contribution in [0.25, 0.3) is 11.4 Å². The lowest BCUT2D eigenvalue weighted by Crippen LogP contribution is -2.24. The number of furan rings is 1. The third-order valence-electron chi connectivity index (χ3n) is 3.58. The summed E-state index contributed by atoms with van der Waals surface area (Å²) in [5.74, 6) is 1.48. The molecule has 1 amide bonds. The molecule has 26 heavy (non-hydrogen) atoms. The maximum atomic E-state index is 12.0. The fourth-order valence-electron chi connectivity index (χ4n) is 2.33. The monoisotopic (exact) mass is 410 g/mol. The van der Waals surface area contributed by atoms with Gasteiger partial charge in [-0.1, -0.05) is 35.0 Å². The number of aromatic nitrogens is 3. The van der Waals surface area contributed by atoms with Crippen molar-refractivity contribution in [3.63, 3.8) is 0 Å². The molecule has 0 spiro atoms. The van der Waals surface area contributed by atoms with Gasteiger partial charge in [0.15, 0.2) is 11.0 Å². The topological polar surface area (TPSA) is 73.0 Å². The zero-order valence-corrected chi connectivity index (χ0v) is 16.2. The van der Waals surface area contributed by atoms with E-state index < -0.39 is 0 Å². The second-order valence-electron chi connectivity index (χ2n) is 5.32. The Morgan fingerprint density at radius 1 is 1.31 bits per heavy atom. The SMILES string of the molecule is CCn1c(SCC(=O)NCc2ccco2)nnc1-c1ccc(Cl)cc1Cl. The second-order valence-corrected chi connectivity index (χ2v) is 7.11. The Hall–Kier alpha value is -1.96. The van der Waals surface area contributed by atoms with Crippen LogP contribution in [0.2, 0.25) is 10.0 Å². The van der Waals surface area contributed by atoms with Crippen molar-refractivity contribution in [1.29, 1.82) is 0 Å². The van der Waals surface area contributed by atoms with Gasteiger partial charge < -0.3 is 14.3 Å². The molecule has 0 radical (unpaired) electrons. The molecule has 1 N–H and O–H groups in total. The molecule has 0 aliphatic rings. The van der Waals surface area contributed by atoms with Gasteiger partial charge in [0.2, 0.25) is 5.91 Å². The Balaban J connectivity index is 1.67. The quantitative estimate of drug-likeness (QED) is 0.588. The van der Waals surface area contributed by atoms with E-state index in [1.807, 2.05) is 23.6 Å². The zero-order valence-electron chi connectivity index (χ0n) is 13.9. The number of benzene rings is 1. The first-order chi connectivity index (χ1) is 12.6. The molecule has 6 nitrogen and oxygen atoms in total. The van der Waals surface area contributed by atoms with E-state index in [-0.39, 0.29) is 11.7 Å². The van der Waals surface area contributed by atoms with E-state index in [0.29, 0.717) is 39.9 Å². The predicted molar refractivity (Wildman–Crippen MR) is 102 cm³/mol. The van der Waals surface area contributed by atoms with Crippen molar-refractivity contribution in [2.24, 2.45) is 0 Å². The summed E-state index contributed by atoms with van der Waals surface area (Å²) in [7, 11) is 0. The lowest BCUT2D eigenvalue weighted by Gasteiger charge is -2.09. The van der Waals surface area contributed by atoms with Crippen molar-refractivity contribution < 1.29 is 9.21 Å². The van der Waals surface area contributed by atoms with E-state index in [2.05, 4.69) is 15.5 Å². The fraction of sp³-hybridized carbons (Fsp3) is 0.235. The predicted octanol–water partition coefficient (Wildman–Crippen LogP) is 4.27. The molecule has 0 unspecified atom stereocenters. The molecule has 0 saturated carbocycles. The molecule has 0 aliphatic heterocycles. The number of amides is 1. The van der Waals surface area contributed by atoms with Gasteiger partial charge in [-0.3, -0.25) is 4.79 Å². The highest BCUT2D eigenvalue weighted by atomic mass is 35.5. The van der Waals surface area contributed by atoms with Gasteiger partial charge in [-0.15, -0.1) is 10.2 Å². The van der Waals surface area contributed by atoms with Crippen LogP contribution in [-0.2, 0) is 17.9 Å². The van der Waals surface area contributed by atoms with Crippen molar-refractivity contribution in [1.82, 2.24) is 20.1 Å². The number of carbonyl (C=O) groups is 1. The van der Waals surface area contributed by atoms with Crippen molar-refractivity contribution in [2.75, 3.05) is 5.75 Å². The Morgan fingerprint density at radius 3 is 2.85 bits per heavy atom. The van der Waals surface area contributed by atoms with Crippen molar-refractivity contribution >= 4 is 40.9 Å². The van der Waals surface area contributed by atoms with Gasteiger partial charge in [-0.2, -0.15) is 0 Å². The van der Waals surface area contributed by atoms with Crippen LogP contribution in [0.4, 0.5) is 0 Å². The van der Waals surface area contributed by atoms with Gasteiger partial charge in [0.25, 0.3) is 0 Å². The first-order valence-electron chi connectivity index (χ1n) is 7.89. The molecule has 9 heteroatoms. The molecule has 0 fully saturated rings. The van der Waals surface area contributed by atoms with Gasteiger partial charge in [-0.05, 0) is 37.3 Å². The number of nitrogens with one attached hydrogen (secondary N) is 1. The first kappa shape index (κ1) is 18.8. The molecule has 3 aromatic rings. The minimum Gasteiger partial charge on any atom is -0.467 e. The number of thioether (sulfide) groups is 1. The number of hydrogen-bond acceptors (Lipinski definition) is 5. The van der Waals surface area contributed by atoms with Crippen molar-refractivity contribution in [3.8, 4) is 11.4 Å². The molecular weight excluding hydrogens is 395 g/mol. The summed E-state index contributed by atoms with van der Waals surface area (Å²) in [6, 6.07) is 8.83. The normalized spacial score (nSPS) is 10.9. The largest absolute Gasteiger partial charge is 0.467 e. The van der Waals surface area contributed by atoms with Crippen LogP contribution >= 0.6 is 35.0 Å². The van der Waals surface area contributed by atoms with Gasteiger partial charge in [-0.25, -0.2) is 0 Å². The molecule has 0 bridgehead atoms. The van der Waals surface area contributed by atoms with E-state index in [1.54, 1.807) is 24.5 Å². The summed E-state index contributed by atoms with van der Waals surface area (Å²) in [6.45, 7) is 2.99. The maximum absolute atomic E-state index is 12.0. The first-order valence-corrected chi connectivity index (χ1v) is 9.63. The van der Waals surface area contributed by atoms with Crippen molar-refractivity contribution in [2.45, 2.75) is 25.2 Å². The Morgan fingerprint density at radius 2 is 2.15 bits per heavy atom. The van der Waals surface area contributed by atoms with E-state index in [9.17, 15) is 4.79 Å². The molecule has 3 rings (SSSR count). The van der Waals surface area contributed by atoms with Crippen LogP contribution in [-0.4, -0.2) is 26.4 Å². The highest BCUT2D eigenvalue weighted by Crippen LogP contribution is 2.31. The fourth-order valence-corrected chi connectivity index (χ4v) is 3.66. The molecule has 0 atom stereocenters. The number of hydrogen-bond donors (Lipinski definition) is 1. The van der Waals surface area contributed by atoms with Crippen LogP contribution in [0, 0.1) is 0 Å². The average Bonchev–Trinajstić information content (AvgIpc) is 3.27. The minimum absolute atomic E-state index is 0.108. The van der Waals surface area contributed by atoms with Crippen LogP contribution in [0.1, 0.15) is 12.7 Å². The standard InChI is InChI=1S/C17H16Cl2N4O2S/c1-2-23-16(13-6-5-11(18)8-14(13)19)21-22-17(23)26-10-15(24)20-9-12-4-3-7-25-12/h3-8H,2,9-10H2,1H3,(H,20,24). The third kappa shape index (κ3) is 4.41. The van der Waals surface area contributed by atoms with Gasteiger partial charge in [0.05, 0.1) is 23.6 Å². The van der Waals surface area contributed by atoms with E-state index in [4.69, 9.17) is 27.6 Å². The molecule has 2 heterocycles. The third-order valence-corrected chi connectivity index (χ3v) is 5.09. The second kappa shape index (κ2) is 8.62. The number of rotatable bonds is 7. The summed E-state index contributed by atoms with van der Waals surface area (Å²) in [4.78, 5) is 12.0. The van der Waals surface area contributed by atoms with Crippen LogP contribution in [0.3, 0.4) is 0 Å². The van der Waals surface area contributed by atoms with Gasteiger partial charge in [0.1, 0.15) is 5.76 Å². The molecule has 1 aromatic carbocycles. The van der Waals surface area contributed by atoms with Crippen LogP contribution in [0.15, 0.2) is 46.2 Å². The van der Waals surface area contributed by atoms with E-state index in [0.717, 1.165) is 5.56 Å². The number of halogens is 2. The van der Waals surface area contributed by atoms with Crippen molar-refractivity contribution in [3.05, 3.63) is 52.4 Å². The zero-order chi connectivity index (χ0) is 18.5. The molecule has 0 aliphatic carbocycles. The molecule has 2 aromatic heterocycles. The van der Waals surface area contributed by atoms with Gasteiger partial charge in [0, 0.05) is 17.1 Å². The average molecular weight is 411 g/mol. The van der Waals surface area contributed by atoms with Gasteiger partial charge >= 0.3 is 0 Å². The summed E-state index contributed by atoms with van der Waals surface area (Å²) in [5, 5.41) is 12.9. The molecule has 136 valence electrons. The lowest BCUT2D eigenvalue weighted by molar-refractivity contribution is -0.118. The maximum Gasteiger partial charge on any atom is 0.230 e. The highest BCUT2D eigenvalue weighted by Gasteiger charge is 2.17. The van der Waals surface area contributed by atoms with E-state index in [1.165, 1.54) is 11.8 Å². The van der Waals surface area contributed by atoms with E-state index >= 15 is 0 Å². The lowest BCUT2D eigenvalue weighted by atomic mass is 10.2. The highest BCUT2D eigenvalue weighted by molar-refractivity contribution is 7.99.